The number of alkyl halides is 3. The normalized spacial score (nSPS) is 17.6. The summed E-state index contributed by atoms with van der Waals surface area (Å²) in [4.78, 5) is 18.6. The van der Waals surface area contributed by atoms with Crippen molar-refractivity contribution >= 4 is 28.2 Å². The molecular formula is C17H17F3N4O. The number of carbonyl (C=O) groups excluding carboxylic acids is 1. The molecular weight excluding hydrogens is 333 g/mol. The van der Waals surface area contributed by atoms with E-state index in [1.807, 2.05) is 11.0 Å². The topological polar surface area (TPSA) is 48.5 Å². The minimum atomic E-state index is -4.81. The van der Waals surface area contributed by atoms with Gasteiger partial charge in [-0.3, -0.25) is 4.79 Å². The maximum absolute atomic E-state index is 12.6. The lowest BCUT2D eigenvalue weighted by atomic mass is 10.1. The Morgan fingerprint density at radius 2 is 1.92 bits per heavy atom. The first-order valence-corrected chi connectivity index (χ1v) is 8.20. The molecule has 0 unspecified atom stereocenters. The average Bonchev–Trinajstić information content (AvgIpc) is 3.05. The first-order chi connectivity index (χ1) is 11.9. The molecule has 0 spiro atoms. The number of hydrogen-bond acceptors (Lipinski definition) is 4. The van der Waals surface area contributed by atoms with E-state index in [1.54, 1.807) is 6.20 Å². The van der Waals surface area contributed by atoms with Gasteiger partial charge in [0.15, 0.2) is 0 Å². The van der Waals surface area contributed by atoms with Gasteiger partial charge in [-0.1, -0.05) is 0 Å². The fourth-order valence-electron chi connectivity index (χ4n) is 3.51. The van der Waals surface area contributed by atoms with Crippen molar-refractivity contribution in [3.63, 3.8) is 0 Å². The summed E-state index contributed by atoms with van der Waals surface area (Å²) < 4.78 is 37.7. The minimum Gasteiger partial charge on any atom is -0.384 e. The monoisotopic (exact) mass is 350 g/mol. The second kappa shape index (κ2) is 5.79. The van der Waals surface area contributed by atoms with Gasteiger partial charge in [0, 0.05) is 50.0 Å². The van der Waals surface area contributed by atoms with E-state index in [1.165, 1.54) is 5.56 Å². The van der Waals surface area contributed by atoms with Crippen LogP contribution in [0.15, 0.2) is 24.4 Å². The van der Waals surface area contributed by atoms with Gasteiger partial charge >= 0.3 is 12.1 Å². The predicted octanol–water partition coefficient (Wildman–Crippen LogP) is 2.41. The molecule has 1 aromatic heterocycles. The Hall–Kier alpha value is -2.51. The van der Waals surface area contributed by atoms with Crippen molar-refractivity contribution in [2.75, 3.05) is 42.9 Å². The molecule has 0 bridgehead atoms. The number of anilines is 2. The number of fused-ring (bicyclic) bond motifs is 2. The third kappa shape index (κ3) is 2.85. The van der Waals surface area contributed by atoms with Crippen LogP contribution in [0.2, 0.25) is 0 Å². The molecule has 4 rings (SSSR count). The maximum Gasteiger partial charge on any atom is 0.471 e. The molecule has 2 aromatic rings. The van der Waals surface area contributed by atoms with E-state index in [4.69, 9.17) is 0 Å². The number of pyridine rings is 1. The number of benzene rings is 1. The van der Waals surface area contributed by atoms with Crippen LogP contribution >= 0.6 is 0 Å². The van der Waals surface area contributed by atoms with Crippen molar-refractivity contribution in [2.45, 2.75) is 12.6 Å². The smallest absolute Gasteiger partial charge is 0.384 e. The van der Waals surface area contributed by atoms with Crippen molar-refractivity contribution in [3.05, 3.63) is 30.0 Å². The number of piperazine rings is 1. The van der Waals surface area contributed by atoms with Gasteiger partial charge in [0.1, 0.15) is 5.82 Å². The van der Waals surface area contributed by atoms with Crippen molar-refractivity contribution in [2.24, 2.45) is 0 Å². The second-order valence-corrected chi connectivity index (χ2v) is 6.32. The number of rotatable bonds is 1. The van der Waals surface area contributed by atoms with Gasteiger partial charge in [0.2, 0.25) is 0 Å². The summed E-state index contributed by atoms with van der Waals surface area (Å²) in [5, 5.41) is 5.39. The van der Waals surface area contributed by atoms with Crippen LogP contribution in [0.5, 0.6) is 0 Å². The molecule has 0 radical (unpaired) electrons. The first-order valence-electron chi connectivity index (χ1n) is 8.20. The lowest BCUT2D eigenvalue weighted by molar-refractivity contribution is -0.185. The van der Waals surface area contributed by atoms with E-state index in [9.17, 15) is 18.0 Å². The van der Waals surface area contributed by atoms with Crippen LogP contribution in [0.3, 0.4) is 0 Å². The van der Waals surface area contributed by atoms with Crippen molar-refractivity contribution in [1.29, 1.82) is 0 Å². The quantitative estimate of drug-likeness (QED) is 0.858. The highest BCUT2D eigenvalue weighted by atomic mass is 19.4. The summed E-state index contributed by atoms with van der Waals surface area (Å²) in [7, 11) is 0. The SMILES string of the molecule is O=C(N1CCN(c2nccc3cc4c(cc23)NCC4)CC1)C(F)(F)F. The van der Waals surface area contributed by atoms with Crippen LogP contribution in [-0.4, -0.2) is 54.7 Å². The van der Waals surface area contributed by atoms with Gasteiger partial charge in [0.25, 0.3) is 0 Å². The van der Waals surface area contributed by atoms with E-state index in [0.29, 0.717) is 13.1 Å². The second-order valence-electron chi connectivity index (χ2n) is 6.32. The van der Waals surface area contributed by atoms with Crippen LogP contribution in [0, 0.1) is 0 Å². The van der Waals surface area contributed by atoms with Gasteiger partial charge < -0.3 is 15.1 Å². The molecule has 132 valence electrons. The lowest BCUT2D eigenvalue weighted by Gasteiger charge is -2.36. The molecule has 0 atom stereocenters. The molecule has 8 heteroatoms. The largest absolute Gasteiger partial charge is 0.471 e. The van der Waals surface area contributed by atoms with Crippen LogP contribution in [0.1, 0.15) is 5.56 Å². The standard InChI is InChI=1S/C17H17F3N4O/c18-17(19,20)16(25)24-7-5-23(6-8-24)15-13-10-14-12(2-3-21-14)9-11(13)1-4-22-15/h1,4,9-10,21H,2-3,5-8H2. The number of hydrogen-bond donors (Lipinski definition) is 1. The minimum absolute atomic E-state index is 0.0413. The zero-order chi connectivity index (χ0) is 17.6. The number of amides is 1. The van der Waals surface area contributed by atoms with E-state index in [-0.39, 0.29) is 13.1 Å². The number of aromatic nitrogens is 1. The Kier molecular flexibility index (Phi) is 3.70. The summed E-state index contributed by atoms with van der Waals surface area (Å²) in [6.07, 6.45) is -2.10. The molecule has 5 nitrogen and oxygen atoms in total. The van der Waals surface area contributed by atoms with Gasteiger partial charge in [-0.2, -0.15) is 13.2 Å². The zero-order valence-corrected chi connectivity index (χ0v) is 13.4. The summed E-state index contributed by atoms with van der Waals surface area (Å²) in [6.45, 7) is 1.66. The Bertz CT molecular complexity index is 828. The Balaban J connectivity index is 1.58. The average molecular weight is 350 g/mol. The fourth-order valence-corrected chi connectivity index (χ4v) is 3.51. The van der Waals surface area contributed by atoms with Crippen LogP contribution < -0.4 is 10.2 Å². The zero-order valence-electron chi connectivity index (χ0n) is 13.4. The van der Waals surface area contributed by atoms with Crippen LogP contribution in [0.25, 0.3) is 10.8 Å². The van der Waals surface area contributed by atoms with Crippen molar-refractivity contribution < 1.29 is 18.0 Å². The summed E-state index contributed by atoms with van der Waals surface area (Å²) in [6, 6.07) is 6.15. The predicted molar refractivity (Wildman–Crippen MR) is 88.8 cm³/mol. The number of halogens is 3. The highest BCUT2D eigenvalue weighted by molar-refractivity contribution is 5.96. The van der Waals surface area contributed by atoms with Gasteiger partial charge in [0.05, 0.1) is 0 Å². The van der Waals surface area contributed by atoms with Crippen molar-refractivity contribution in [1.82, 2.24) is 9.88 Å². The molecule has 0 aliphatic carbocycles. The number of carbonyl (C=O) groups is 1. The molecule has 1 amide bonds. The summed E-state index contributed by atoms with van der Waals surface area (Å²) >= 11 is 0. The molecule has 1 N–H and O–H groups in total. The van der Waals surface area contributed by atoms with Gasteiger partial charge in [-0.05, 0) is 35.6 Å². The highest BCUT2D eigenvalue weighted by Gasteiger charge is 2.43. The molecule has 3 heterocycles. The summed E-state index contributed by atoms with van der Waals surface area (Å²) in [5.41, 5.74) is 2.36. The highest BCUT2D eigenvalue weighted by Crippen LogP contribution is 2.33. The van der Waals surface area contributed by atoms with Gasteiger partial charge in [-0.15, -0.1) is 0 Å². The molecule has 1 aromatic carbocycles. The van der Waals surface area contributed by atoms with E-state index in [0.717, 1.165) is 40.1 Å². The van der Waals surface area contributed by atoms with Crippen molar-refractivity contribution in [3.8, 4) is 0 Å². The third-order valence-corrected chi connectivity index (χ3v) is 4.79. The molecule has 0 saturated carbocycles. The Morgan fingerprint density at radius 3 is 2.64 bits per heavy atom. The Morgan fingerprint density at radius 1 is 1.16 bits per heavy atom. The molecule has 25 heavy (non-hydrogen) atoms. The lowest BCUT2D eigenvalue weighted by Crippen LogP contribution is -2.52. The number of nitrogens with zero attached hydrogens (tertiary/aromatic N) is 3. The maximum atomic E-state index is 12.6. The first kappa shape index (κ1) is 16.0. The third-order valence-electron chi connectivity index (χ3n) is 4.79. The molecule has 2 aliphatic rings. The van der Waals surface area contributed by atoms with E-state index >= 15 is 0 Å². The molecule has 1 fully saturated rings. The summed E-state index contributed by atoms with van der Waals surface area (Å²) in [5.74, 6) is -1.01. The number of nitrogens with one attached hydrogen (secondary N) is 1. The molecule has 1 saturated heterocycles. The van der Waals surface area contributed by atoms with E-state index < -0.39 is 12.1 Å². The van der Waals surface area contributed by atoms with Crippen LogP contribution in [-0.2, 0) is 11.2 Å². The van der Waals surface area contributed by atoms with Crippen LogP contribution in [0.4, 0.5) is 24.7 Å². The van der Waals surface area contributed by atoms with E-state index in [2.05, 4.69) is 22.4 Å². The molecule has 2 aliphatic heterocycles. The Labute approximate surface area is 142 Å². The van der Waals surface area contributed by atoms with Gasteiger partial charge in [-0.25, -0.2) is 4.98 Å². The fraction of sp³-hybridized carbons (Fsp3) is 0.412.